The molecule has 2 aromatic rings. The van der Waals surface area contributed by atoms with Crippen LogP contribution in [-0.4, -0.2) is 59.4 Å². The van der Waals surface area contributed by atoms with Crippen molar-refractivity contribution in [1.29, 1.82) is 0 Å². The van der Waals surface area contributed by atoms with Crippen LogP contribution < -0.4 is 4.90 Å². The second-order valence-electron chi connectivity index (χ2n) is 6.49. The molecule has 0 radical (unpaired) electrons. The fraction of sp³-hybridized carbons (Fsp3) is 0.368. The monoisotopic (exact) mass is 402 g/mol. The zero-order chi connectivity index (χ0) is 19.7. The summed E-state index contributed by atoms with van der Waals surface area (Å²) in [6.07, 6.45) is 5.91. The van der Waals surface area contributed by atoms with Gasteiger partial charge in [0, 0.05) is 13.1 Å². The number of esters is 1. The van der Waals surface area contributed by atoms with Gasteiger partial charge in [0.05, 0.1) is 37.0 Å². The molecule has 1 N–H and O–H groups in total. The van der Waals surface area contributed by atoms with Crippen LogP contribution in [0.5, 0.6) is 0 Å². The Balaban J connectivity index is 1.93. The van der Waals surface area contributed by atoms with Crippen LogP contribution in [0.1, 0.15) is 28.5 Å². The molecule has 1 fully saturated rings. The van der Waals surface area contributed by atoms with E-state index in [0.717, 1.165) is 0 Å². The van der Waals surface area contributed by atoms with Crippen molar-refractivity contribution >= 4 is 34.6 Å². The normalized spacial score (nSPS) is 19.6. The van der Waals surface area contributed by atoms with Crippen molar-refractivity contribution < 1.29 is 19.4 Å². The zero-order valence-corrected chi connectivity index (χ0v) is 16.0. The second kappa shape index (κ2) is 7.73. The number of halogens is 1. The topological polar surface area (TPSA) is 97.7 Å². The summed E-state index contributed by atoms with van der Waals surface area (Å²) in [7, 11) is 1.28. The van der Waals surface area contributed by atoms with Crippen molar-refractivity contribution in [1.82, 2.24) is 15.0 Å². The molecule has 2 aliphatic rings. The van der Waals surface area contributed by atoms with E-state index >= 15 is 0 Å². The predicted octanol–water partition coefficient (Wildman–Crippen LogP) is 2.79. The van der Waals surface area contributed by atoms with Gasteiger partial charge in [-0.05, 0) is 18.6 Å². The molecule has 1 unspecified atom stereocenters. The molecule has 3 heterocycles. The fourth-order valence-corrected chi connectivity index (χ4v) is 3.54. The maximum atomic E-state index is 12.0. The van der Waals surface area contributed by atoms with Crippen molar-refractivity contribution in [3.63, 3.8) is 0 Å². The lowest BCUT2D eigenvalue weighted by Crippen LogP contribution is -2.37. The zero-order valence-electron chi connectivity index (χ0n) is 15.3. The Kier molecular flexibility index (Phi) is 5.15. The smallest absolute Gasteiger partial charge is 0.356 e. The van der Waals surface area contributed by atoms with Gasteiger partial charge in [-0.15, -0.1) is 0 Å². The summed E-state index contributed by atoms with van der Waals surface area (Å²) in [6.45, 7) is 2.48. The minimum absolute atomic E-state index is 0.0683. The van der Waals surface area contributed by atoms with Gasteiger partial charge in [0.2, 0.25) is 5.95 Å². The number of anilines is 1. The van der Waals surface area contributed by atoms with Gasteiger partial charge >= 0.3 is 5.97 Å². The summed E-state index contributed by atoms with van der Waals surface area (Å²) in [5.74, 6) is -0.318. The molecule has 4 rings (SSSR count). The van der Waals surface area contributed by atoms with E-state index in [1.54, 1.807) is 12.2 Å². The summed E-state index contributed by atoms with van der Waals surface area (Å²) in [6, 6.07) is 1.44. The number of rotatable bonds is 3. The van der Waals surface area contributed by atoms with Gasteiger partial charge in [-0.1, -0.05) is 23.8 Å². The summed E-state index contributed by atoms with van der Waals surface area (Å²) in [5.41, 5.74) is 1.41. The number of aliphatic hydroxyl groups excluding tert-OH is 1. The highest BCUT2D eigenvalue weighted by molar-refractivity contribution is 6.35. The number of hydrogen-bond donors (Lipinski definition) is 1. The van der Waals surface area contributed by atoms with Crippen LogP contribution in [0, 0.1) is 0 Å². The molecule has 2 aromatic heterocycles. The van der Waals surface area contributed by atoms with Crippen LogP contribution in [0.15, 0.2) is 30.1 Å². The van der Waals surface area contributed by atoms with Gasteiger partial charge in [-0.3, -0.25) is 0 Å². The summed E-state index contributed by atoms with van der Waals surface area (Å²) >= 11 is 6.45. The molecule has 0 aromatic carbocycles. The van der Waals surface area contributed by atoms with Crippen molar-refractivity contribution in [2.75, 3.05) is 38.3 Å². The van der Waals surface area contributed by atoms with Crippen LogP contribution in [0.25, 0.3) is 11.0 Å². The number of methoxy groups -OCH3 is 1. The lowest BCUT2D eigenvalue weighted by atomic mass is 9.93. The Morgan fingerprint density at radius 2 is 2.07 bits per heavy atom. The van der Waals surface area contributed by atoms with Crippen molar-refractivity contribution in [3.05, 3.63) is 46.5 Å². The van der Waals surface area contributed by atoms with Crippen molar-refractivity contribution in [3.8, 4) is 0 Å². The number of ether oxygens (including phenoxy) is 2. The van der Waals surface area contributed by atoms with E-state index in [1.165, 1.54) is 13.2 Å². The van der Waals surface area contributed by atoms with Crippen molar-refractivity contribution in [2.45, 2.75) is 12.3 Å². The maximum Gasteiger partial charge on any atom is 0.356 e. The summed E-state index contributed by atoms with van der Waals surface area (Å²) < 4.78 is 10.2. The average molecular weight is 403 g/mol. The van der Waals surface area contributed by atoms with Gasteiger partial charge in [-0.25, -0.2) is 19.7 Å². The number of nitrogens with zero attached hydrogens (tertiary/aromatic N) is 4. The molecular weight excluding hydrogens is 384 g/mol. The summed E-state index contributed by atoms with van der Waals surface area (Å²) in [5, 5.41) is 10.7. The van der Waals surface area contributed by atoms with Crippen LogP contribution >= 0.6 is 11.6 Å². The molecule has 8 nitrogen and oxygen atoms in total. The number of carbonyl (C=O) groups excluding carboxylic acids is 1. The van der Waals surface area contributed by atoms with Crippen molar-refractivity contribution in [2.24, 2.45) is 0 Å². The number of pyridine rings is 1. The maximum absolute atomic E-state index is 12.0. The summed E-state index contributed by atoms with van der Waals surface area (Å²) in [4.78, 5) is 27.7. The third-order valence-corrected chi connectivity index (χ3v) is 5.06. The predicted molar refractivity (Wildman–Crippen MR) is 104 cm³/mol. The molecular formula is C19H19ClN4O4. The highest BCUT2D eigenvalue weighted by Crippen LogP contribution is 2.35. The quantitative estimate of drug-likeness (QED) is 0.782. The average Bonchev–Trinajstić information content (AvgIpc) is 2.73. The van der Waals surface area contributed by atoms with E-state index in [1.807, 2.05) is 11.0 Å². The highest BCUT2D eigenvalue weighted by atomic mass is 35.5. The number of aliphatic hydroxyl groups is 1. The number of fused-ring (bicyclic) bond motifs is 1. The third-order valence-electron chi connectivity index (χ3n) is 4.77. The third kappa shape index (κ3) is 3.41. The van der Waals surface area contributed by atoms with E-state index in [4.69, 9.17) is 26.1 Å². The number of allylic oxidation sites excluding steroid dienone is 4. The van der Waals surface area contributed by atoms with E-state index in [-0.39, 0.29) is 16.5 Å². The van der Waals surface area contributed by atoms with Gasteiger partial charge < -0.3 is 19.5 Å². The number of carbonyl (C=O) groups is 1. The van der Waals surface area contributed by atoms with Gasteiger partial charge in [0.1, 0.15) is 16.8 Å². The second-order valence-corrected chi connectivity index (χ2v) is 6.90. The van der Waals surface area contributed by atoms with Crippen LogP contribution in [0.2, 0.25) is 5.02 Å². The molecule has 0 bridgehead atoms. The molecule has 9 heteroatoms. The Morgan fingerprint density at radius 1 is 1.29 bits per heavy atom. The molecule has 0 amide bonds. The minimum atomic E-state index is -0.602. The molecule has 1 aliphatic carbocycles. The first-order valence-corrected chi connectivity index (χ1v) is 9.31. The van der Waals surface area contributed by atoms with E-state index in [9.17, 15) is 9.90 Å². The molecule has 1 aliphatic heterocycles. The molecule has 1 saturated heterocycles. The lowest BCUT2D eigenvalue weighted by Gasteiger charge is -2.28. The lowest BCUT2D eigenvalue weighted by molar-refractivity contribution is 0.0594. The first kappa shape index (κ1) is 18.6. The van der Waals surface area contributed by atoms with Crippen LogP contribution in [0.3, 0.4) is 0 Å². The largest absolute Gasteiger partial charge is 0.512 e. The minimum Gasteiger partial charge on any atom is -0.512 e. The van der Waals surface area contributed by atoms with E-state index in [0.29, 0.717) is 55.4 Å². The molecule has 28 heavy (non-hydrogen) atoms. The molecule has 0 spiro atoms. The van der Waals surface area contributed by atoms with E-state index < -0.39 is 11.9 Å². The first-order chi connectivity index (χ1) is 13.6. The number of hydrogen-bond acceptors (Lipinski definition) is 8. The number of morpholine rings is 1. The first-order valence-electron chi connectivity index (χ1n) is 8.93. The Labute approximate surface area is 166 Å². The highest BCUT2D eigenvalue weighted by Gasteiger charge is 2.27. The van der Waals surface area contributed by atoms with Crippen LogP contribution in [-0.2, 0) is 9.47 Å². The molecule has 146 valence electrons. The molecule has 1 atom stereocenters. The van der Waals surface area contributed by atoms with Crippen LogP contribution in [0.4, 0.5) is 5.95 Å². The Hall–Kier alpha value is -2.71. The van der Waals surface area contributed by atoms with Gasteiger partial charge in [-0.2, -0.15) is 0 Å². The van der Waals surface area contributed by atoms with Gasteiger partial charge in [0.25, 0.3) is 0 Å². The molecule has 0 saturated carbocycles. The van der Waals surface area contributed by atoms with E-state index in [2.05, 4.69) is 9.97 Å². The SMILES string of the molecule is COC(=O)c1cc(Cl)c2nc(N3CCOCC3)nc(C3CC=CC=C3O)c2n1. The standard InChI is InChI=1S/C19H19ClN4O4/c1-27-18(26)13-10-12(20)16-17(21-13)15(11-4-2-3-5-14(11)25)22-19(23-16)24-6-8-28-9-7-24/h2-3,5,10-11,25H,4,6-9H2,1H3. The Bertz CT molecular complexity index is 986. The fourth-order valence-electron chi connectivity index (χ4n) is 3.30. The Morgan fingerprint density at radius 3 is 2.79 bits per heavy atom. The van der Waals surface area contributed by atoms with Gasteiger partial charge in [0.15, 0.2) is 5.69 Å². The number of aromatic nitrogens is 3.